The van der Waals surface area contributed by atoms with E-state index in [1.54, 1.807) is 0 Å². The second kappa shape index (κ2) is 4.51. The van der Waals surface area contributed by atoms with E-state index in [9.17, 15) is 0 Å². The molecule has 0 aliphatic carbocycles. The Morgan fingerprint density at radius 1 is 1.58 bits per heavy atom. The Kier molecular flexibility index (Phi) is 3.60. The summed E-state index contributed by atoms with van der Waals surface area (Å²) in [7, 11) is 0. The molecule has 0 saturated carbocycles. The summed E-state index contributed by atoms with van der Waals surface area (Å²) in [5.74, 6) is 0.729. The summed E-state index contributed by atoms with van der Waals surface area (Å²) in [6.07, 6.45) is 6.09. The van der Waals surface area contributed by atoms with Gasteiger partial charge >= 0.3 is 0 Å². The highest BCUT2D eigenvalue weighted by molar-refractivity contribution is 6.17. The molecule has 2 nitrogen and oxygen atoms in total. The maximum absolute atomic E-state index is 5.59. The van der Waals surface area contributed by atoms with Crippen molar-refractivity contribution in [2.45, 2.75) is 32.7 Å². The average molecular weight is 187 g/mol. The van der Waals surface area contributed by atoms with Crippen LogP contribution in [-0.2, 0) is 6.42 Å². The standard InChI is InChI=1S/C9H15ClN2/c1-8(2)12-7-9(6-11-12)4-3-5-10/h6-8H,3-5H2,1-2H3. The number of hydrogen-bond acceptors (Lipinski definition) is 1. The van der Waals surface area contributed by atoms with E-state index in [0.717, 1.165) is 18.7 Å². The molecule has 0 radical (unpaired) electrons. The van der Waals surface area contributed by atoms with Gasteiger partial charge in [0, 0.05) is 18.1 Å². The number of hydrogen-bond donors (Lipinski definition) is 0. The highest BCUT2D eigenvalue weighted by Gasteiger charge is 2.00. The number of rotatable bonds is 4. The first-order valence-electron chi connectivity index (χ1n) is 4.33. The van der Waals surface area contributed by atoms with Crippen molar-refractivity contribution in [1.82, 2.24) is 9.78 Å². The smallest absolute Gasteiger partial charge is 0.0521 e. The van der Waals surface area contributed by atoms with Crippen molar-refractivity contribution in [2.24, 2.45) is 0 Å². The van der Waals surface area contributed by atoms with E-state index < -0.39 is 0 Å². The largest absolute Gasteiger partial charge is 0.270 e. The molecule has 3 heteroatoms. The van der Waals surface area contributed by atoms with Crippen LogP contribution in [-0.4, -0.2) is 15.7 Å². The van der Waals surface area contributed by atoms with E-state index >= 15 is 0 Å². The highest BCUT2D eigenvalue weighted by Crippen LogP contribution is 2.07. The second-order valence-electron chi connectivity index (χ2n) is 3.21. The second-order valence-corrected chi connectivity index (χ2v) is 3.59. The van der Waals surface area contributed by atoms with Gasteiger partial charge in [0.05, 0.1) is 6.20 Å². The molecular formula is C9H15ClN2. The van der Waals surface area contributed by atoms with Crippen LogP contribution in [0.2, 0.25) is 0 Å². The van der Waals surface area contributed by atoms with Crippen molar-refractivity contribution in [1.29, 1.82) is 0 Å². The predicted octanol–water partition coefficient (Wildman–Crippen LogP) is 2.64. The minimum absolute atomic E-state index is 0.453. The lowest BCUT2D eigenvalue weighted by molar-refractivity contribution is 0.532. The van der Waals surface area contributed by atoms with Crippen molar-refractivity contribution in [2.75, 3.05) is 5.88 Å². The SMILES string of the molecule is CC(C)n1cc(CCCCl)cn1. The number of alkyl halides is 1. The van der Waals surface area contributed by atoms with Crippen LogP contribution in [0.4, 0.5) is 0 Å². The molecule has 0 amide bonds. The zero-order chi connectivity index (χ0) is 8.97. The van der Waals surface area contributed by atoms with Gasteiger partial charge in [-0.2, -0.15) is 5.10 Å². The molecule has 0 aliphatic heterocycles. The first-order chi connectivity index (χ1) is 5.74. The van der Waals surface area contributed by atoms with Gasteiger partial charge in [0.15, 0.2) is 0 Å². The summed E-state index contributed by atoms with van der Waals surface area (Å²) >= 11 is 5.59. The number of halogens is 1. The Balaban J connectivity index is 2.52. The van der Waals surface area contributed by atoms with Crippen molar-refractivity contribution in [3.8, 4) is 0 Å². The third-order valence-corrected chi connectivity index (χ3v) is 2.05. The third-order valence-electron chi connectivity index (χ3n) is 1.78. The van der Waals surface area contributed by atoms with Crippen molar-refractivity contribution in [3.63, 3.8) is 0 Å². The Hall–Kier alpha value is -0.500. The van der Waals surface area contributed by atoms with Gasteiger partial charge in [-0.05, 0) is 32.3 Å². The molecule has 1 aromatic rings. The molecule has 0 aromatic carbocycles. The van der Waals surface area contributed by atoms with E-state index in [4.69, 9.17) is 11.6 Å². The monoisotopic (exact) mass is 186 g/mol. The Bertz CT molecular complexity index is 230. The van der Waals surface area contributed by atoms with Crippen LogP contribution >= 0.6 is 11.6 Å². The van der Waals surface area contributed by atoms with Crippen LogP contribution in [0.15, 0.2) is 12.4 Å². The molecule has 0 fully saturated rings. The third kappa shape index (κ3) is 2.52. The zero-order valence-corrected chi connectivity index (χ0v) is 8.38. The molecule has 0 spiro atoms. The first kappa shape index (κ1) is 9.59. The van der Waals surface area contributed by atoms with Gasteiger partial charge in [-0.25, -0.2) is 0 Å². The van der Waals surface area contributed by atoms with E-state index in [2.05, 4.69) is 25.1 Å². The lowest BCUT2D eigenvalue weighted by Crippen LogP contribution is -1.99. The van der Waals surface area contributed by atoms with Crippen molar-refractivity contribution >= 4 is 11.6 Å². The quantitative estimate of drug-likeness (QED) is 0.662. The zero-order valence-electron chi connectivity index (χ0n) is 7.63. The minimum Gasteiger partial charge on any atom is -0.270 e. The van der Waals surface area contributed by atoms with Crippen molar-refractivity contribution < 1.29 is 0 Å². The fourth-order valence-corrected chi connectivity index (χ4v) is 1.19. The van der Waals surface area contributed by atoms with Crippen LogP contribution < -0.4 is 0 Å². The minimum atomic E-state index is 0.453. The summed E-state index contributed by atoms with van der Waals surface area (Å²) in [5, 5.41) is 4.24. The summed E-state index contributed by atoms with van der Waals surface area (Å²) < 4.78 is 1.98. The van der Waals surface area contributed by atoms with Gasteiger partial charge in [-0.15, -0.1) is 11.6 Å². The molecule has 0 unspecified atom stereocenters. The maximum Gasteiger partial charge on any atom is 0.0521 e. The molecule has 12 heavy (non-hydrogen) atoms. The van der Waals surface area contributed by atoms with Crippen LogP contribution in [0.3, 0.4) is 0 Å². The lowest BCUT2D eigenvalue weighted by atomic mass is 10.2. The molecule has 0 N–H and O–H groups in total. The molecule has 0 aliphatic rings. The average Bonchev–Trinajstić information content (AvgIpc) is 2.48. The molecule has 0 atom stereocenters. The summed E-state index contributed by atoms with van der Waals surface area (Å²) in [4.78, 5) is 0. The van der Waals surface area contributed by atoms with Gasteiger partial charge in [0.25, 0.3) is 0 Å². The Morgan fingerprint density at radius 3 is 2.83 bits per heavy atom. The number of nitrogens with zero attached hydrogens (tertiary/aromatic N) is 2. The summed E-state index contributed by atoms with van der Waals surface area (Å²) in [6.45, 7) is 4.25. The Morgan fingerprint density at radius 2 is 2.33 bits per heavy atom. The van der Waals surface area contributed by atoms with Crippen LogP contribution in [0.1, 0.15) is 31.9 Å². The summed E-state index contributed by atoms with van der Waals surface area (Å²) in [5.41, 5.74) is 1.28. The van der Waals surface area contributed by atoms with Gasteiger partial charge in [0.1, 0.15) is 0 Å². The van der Waals surface area contributed by atoms with Gasteiger partial charge in [-0.1, -0.05) is 0 Å². The highest BCUT2D eigenvalue weighted by atomic mass is 35.5. The van der Waals surface area contributed by atoms with Gasteiger partial charge < -0.3 is 0 Å². The van der Waals surface area contributed by atoms with Crippen LogP contribution in [0.25, 0.3) is 0 Å². The van der Waals surface area contributed by atoms with Crippen LogP contribution in [0.5, 0.6) is 0 Å². The lowest BCUT2D eigenvalue weighted by Gasteiger charge is -2.02. The molecular weight excluding hydrogens is 172 g/mol. The molecule has 1 aromatic heterocycles. The maximum atomic E-state index is 5.59. The van der Waals surface area contributed by atoms with E-state index in [0.29, 0.717) is 6.04 Å². The fourth-order valence-electron chi connectivity index (χ4n) is 1.06. The normalized spacial score (nSPS) is 11.0. The predicted molar refractivity (Wildman–Crippen MR) is 51.7 cm³/mol. The molecule has 0 bridgehead atoms. The van der Waals surface area contributed by atoms with Crippen LogP contribution in [0, 0.1) is 0 Å². The Labute approximate surface area is 78.5 Å². The molecule has 0 saturated heterocycles. The van der Waals surface area contributed by atoms with E-state index in [-0.39, 0.29) is 0 Å². The molecule has 1 rings (SSSR count). The van der Waals surface area contributed by atoms with Gasteiger partial charge in [0.2, 0.25) is 0 Å². The molecule has 68 valence electrons. The van der Waals surface area contributed by atoms with E-state index in [1.807, 2.05) is 10.9 Å². The molecule has 1 heterocycles. The topological polar surface area (TPSA) is 17.8 Å². The van der Waals surface area contributed by atoms with Crippen molar-refractivity contribution in [3.05, 3.63) is 18.0 Å². The van der Waals surface area contributed by atoms with Gasteiger partial charge in [-0.3, -0.25) is 4.68 Å². The number of aromatic nitrogens is 2. The number of aryl methyl sites for hydroxylation is 1. The summed E-state index contributed by atoms with van der Waals surface area (Å²) in [6, 6.07) is 0.453. The first-order valence-corrected chi connectivity index (χ1v) is 4.86. The van der Waals surface area contributed by atoms with E-state index in [1.165, 1.54) is 5.56 Å². The fraction of sp³-hybridized carbons (Fsp3) is 0.667.